The molecular formula is C22H35N3O3S. The molecule has 1 aliphatic carbocycles. The van der Waals surface area contributed by atoms with Crippen LogP contribution in [0, 0.1) is 5.92 Å². The number of carbonyl (C=O) groups excluding carboxylic acids is 1. The molecule has 6 nitrogen and oxygen atoms in total. The first-order valence-electron chi connectivity index (χ1n) is 10.9. The van der Waals surface area contributed by atoms with Crippen LogP contribution in [0.5, 0.6) is 0 Å². The lowest BCUT2D eigenvalue weighted by Gasteiger charge is -2.40. The van der Waals surface area contributed by atoms with Crippen LogP contribution in [0.2, 0.25) is 0 Å². The summed E-state index contributed by atoms with van der Waals surface area (Å²) >= 11 is 0. The molecule has 7 heteroatoms. The van der Waals surface area contributed by atoms with E-state index in [1.165, 1.54) is 30.0 Å². The summed E-state index contributed by atoms with van der Waals surface area (Å²) in [5.74, 6) is -0.296. The van der Waals surface area contributed by atoms with Gasteiger partial charge in [0.2, 0.25) is 15.9 Å². The molecule has 29 heavy (non-hydrogen) atoms. The predicted octanol–water partition coefficient (Wildman–Crippen LogP) is 2.86. The fourth-order valence-corrected chi connectivity index (χ4v) is 6.23. The minimum absolute atomic E-state index is 0.0105. The van der Waals surface area contributed by atoms with Crippen LogP contribution in [0.4, 0.5) is 0 Å². The van der Waals surface area contributed by atoms with E-state index < -0.39 is 10.0 Å². The van der Waals surface area contributed by atoms with Crippen LogP contribution < -0.4 is 5.32 Å². The maximum atomic E-state index is 12.9. The highest BCUT2D eigenvalue weighted by Crippen LogP contribution is 2.31. The van der Waals surface area contributed by atoms with Crippen LogP contribution in [0.25, 0.3) is 0 Å². The Morgan fingerprint density at radius 1 is 1.10 bits per heavy atom. The molecule has 1 saturated heterocycles. The van der Waals surface area contributed by atoms with Gasteiger partial charge in [-0.25, -0.2) is 8.42 Å². The monoisotopic (exact) mass is 421 g/mol. The minimum atomic E-state index is -3.55. The average molecular weight is 422 g/mol. The normalized spacial score (nSPS) is 23.5. The molecule has 2 aliphatic rings. The van der Waals surface area contributed by atoms with Crippen molar-refractivity contribution in [3.63, 3.8) is 0 Å². The van der Waals surface area contributed by atoms with Crippen molar-refractivity contribution >= 4 is 15.9 Å². The summed E-state index contributed by atoms with van der Waals surface area (Å²) in [5.41, 5.74) is 0.0105. The summed E-state index contributed by atoms with van der Waals surface area (Å²) in [7, 11) is 0.658. The molecule has 1 aromatic carbocycles. The topological polar surface area (TPSA) is 69.7 Å². The molecule has 1 aromatic rings. The van der Waals surface area contributed by atoms with Crippen LogP contribution in [-0.2, 0) is 14.8 Å². The van der Waals surface area contributed by atoms with Gasteiger partial charge < -0.3 is 10.2 Å². The molecule has 1 N–H and O–H groups in total. The Morgan fingerprint density at radius 2 is 1.76 bits per heavy atom. The summed E-state index contributed by atoms with van der Waals surface area (Å²) in [6, 6.07) is 8.50. The molecule has 1 atom stereocenters. The van der Waals surface area contributed by atoms with Gasteiger partial charge in [0.1, 0.15) is 0 Å². The smallest absolute Gasteiger partial charge is 0.243 e. The molecule has 0 bridgehead atoms. The predicted molar refractivity (Wildman–Crippen MR) is 115 cm³/mol. The van der Waals surface area contributed by atoms with Gasteiger partial charge in [-0.3, -0.25) is 4.79 Å². The van der Waals surface area contributed by atoms with Crippen LogP contribution in [0.1, 0.15) is 51.4 Å². The van der Waals surface area contributed by atoms with E-state index in [4.69, 9.17) is 0 Å². The Hall–Kier alpha value is -1.44. The van der Waals surface area contributed by atoms with Gasteiger partial charge in [-0.05, 0) is 51.9 Å². The van der Waals surface area contributed by atoms with Crippen molar-refractivity contribution in [2.75, 3.05) is 33.7 Å². The molecule has 0 spiro atoms. The van der Waals surface area contributed by atoms with Gasteiger partial charge in [0, 0.05) is 25.2 Å². The van der Waals surface area contributed by atoms with Crippen molar-refractivity contribution in [1.29, 1.82) is 0 Å². The van der Waals surface area contributed by atoms with E-state index in [1.807, 2.05) is 0 Å². The minimum Gasteiger partial charge on any atom is -0.354 e. The first-order chi connectivity index (χ1) is 13.8. The van der Waals surface area contributed by atoms with Crippen LogP contribution in [0.3, 0.4) is 0 Å². The molecule has 0 aromatic heterocycles. The van der Waals surface area contributed by atoms with E-state index in [0.717, 1.165) is 19.3 Å². The number of hydrogen-bond acceptors (Lipinski definition) is 4. The van der Waals surface area contributed by atoms with Gasteiger partial charge in [-0.15, -0.1) is 0 Å². The lowest BCUT2D eigenvalue weighted by molar-refractivity contribution is -0.126. The first-order valence-corrected chi connectivity index (χ1v) is 12.3. The largest absolute Gasteiger partial charge is 0.354 e. The first kappa shape index (κ1) is 22.2. The molecule has 162 valence electrons. The fraction of sp³-hybridized carbons (Fsp3) is 0.682. The van der Waals surface area contributed by atoms with Crippen molar-refractivity contribution in [1.82, 2.24) is 14.5 Å². The Balaban J connectivity index is 1.63. The molecule has 1 saturated carbocycles. The number of carbonyl (C=O) groups is 1. The average Bonchev–Trinajstić information content (AvgIpc) is 2.99. The summed E-state index contributed by atoms with van der Waals surface area (Å²) < 4.78 is 27.3. The van der Waals surface area contributed by atoms with Gasteiger partial charge in [0.15, 0.2) is 0 Å². The standard InChI is InChI=1S/C22H35N3O3S/c1-24(2)22(14-8-3-4-9-15-22)18-23-21(26)19-11-10-16-25(17-19)29(27,28)20-12-6-5-7-13-20/h5-7,12-13,19H,3-4,8-11,14-18H2,1-2H3,(H,23,26). The van der Waals surface area contributed by atoms with Crippen molar-refractivity contribution in [3.8, 4) is 0 Å². The number of benzene rings is 1. The number of sulfonamides is 1. The van der Waals surface area contributed by atoms with Gasteiger partial charge >= 0.3 is 0 Å². The molecular weight excluding hydrogens is 386 g/mol. The highest BCUT2D eigenvalue weighted by molar-refractivity contribution is 7.89. The molecule has 1 heterocycles. The zero-order valence-electron chi connectivity index (χ0n) is 17.8. The Kier molecular flexibility index (Phi) is 7.35. The number of nitrogens with zero attached hydrogens (tertiary/aromatic N) is 2. The Labute approximate surface area is 175 Å². The van der Waals surface area contributed by atoms with Gasteiger partial charge in [0.05, 0.1) is 10.8 Å². The van der Waals surface area contributed by atoms with Crippen LogP contribution >= 0.6 is 0 Å². The zero-order valence-corrected chi connectivity index (χ0v) is 18.6. The summed E-state index contributed by atoms with van der Waals surface area (Å²) in [6.07, 6.45) is 8.56. The van der Waals surface area contributed by atoms with Crippen LogP contribution in [-0.4, -0.2) is 62.8 Å². The van der Waals surface area contributed by atoms with E-state index in [2.05, 4.69) is 24.3 Å². The second-order valence-electron chi connectivity index (χ2n) is 8.77. The van der Waals surface area contributed by atoms with Crippen molar-refractivity contribution in [3.05, 3.63) is 30.3 Å². The maximum absolute atomic E-state index is 12.9. The molecule has 1 unspecified atom stereocenters. The third kappa shape index (κ3) is 5.19. The van der Waals surface area contributed by atoms with Crippen LogP contribution in [0.15, 0.2) is 35.2 Å². The number of hydrogen-bond donors (Lipinski definition) is 1. The lowest BCUT2D eigenvalue weighted by atomic mass is 9.88. The van der Waals surface area contributed by atoms with Gasteiger partial charge in [0.25, 0.3) is 0 Å². The zero-order chi connectivity index (χ0) is 20.9. The van der Waals surface area contributed by atoms with Crippen molar-refractivity contribution in [2.24, 2.45) is 5.92 Å². The third-order valence-electron chi connectivity index (χ3n) is 6.71. The second kappa shape index (κ2) is 9.58. The van der Waals surface area contributed by atoms with E-state index in [-0.39, 0.29) is 23.9 Å². The van der Waals surface area contributed by atoms with Crippen molar-refractivity contribution < 1.29 is 13.2 Å². The maximum Gasteiger partial charge on any atom is 0.243 e. The summed E-state index contributed by atoms with van der Waals surface area (Å²) in [6.45, 7) is 1.38. The Morgan fingerprint density at radius 3 is 2.38 bits per heavy atom. The molecule has 1 amide bonds. The Bertz CT molecular complexity index is 772. The number of likely N-dealkylation sites (N-methyl/N-ethyl adjacent to an activating group) is 1. The van der Waals surface area contributed by atoms with Crippen molar-refractivity contribution in [2.45, 2.75) is 61.8 Å². The van der Waals surface area contributed by atoms with E-state index in [0.29, 0.717) is 24.4 Å². The van der Waals surface area contributed by atoms with Gasteiger partial charge in [-0.2, -0.15) is 4.31 Å². The molecule has 3 rings (SSSR count). The van der Waals surface area contributed by atoms with E-state index in [9.17, 15) is 13.2 Å². The number of piperidine rings is 1. The van der Waals surface area contributed by atoms with Gasteiger partial charge in [-0.1, -0.05) is 43.9 Å². The molecule has 1 aliphatic heterocycles. The third-order valence-corrected chi connectivity index (χ3v) is 8.59. The molecule has 2 fully saturated rings. The van der Waals surface area contributed by atoms with E-state index >= 15 is 0 Å². The number of rotatable bonds is 6. The highest BCUT2D eigenvalue weighted by Gasteiger charge is 2.36. The van der Waals surface area contributed by atoms with E-state index in [1.54, 1.807) is 30.3 Å². The number of nitrogens with one attached hydrogen (secondary N) is 1. The summed E-state index contributed by atoms with van der Waals surface area (Å²) in [4.78, 5) is 15.5. The SMILES string of the molecule is CN(C)C1(CNC(=O)C2CCCN(S(=O)(=O)c3ccccc3)C2)CCCCCC1. The lowest BCUT2D eigenvalue weighted by Crippen LogP contribution is -2.54. The molecule has 0 radical (unpaired) electrons. The summed E-state index contributed by atoms with van der Waals surface area (Å²) in [5, 5.41) is 3.18. The number of amides is 1. The fourth-order valence-electron chi connectivity index (χ4n) is 4.68. The second-order valence-corrected chi connectivity index (χ2v) is 10.7. The quantitative estimate of drug-likeness (QED) is 0.717. The highest BCUT2D eigenvalue weighted by atomic mass is 32.2.